The number of hydrogen-bond donors (Lipinski definition) is 1. The topological polar surface area (TPSA) is 29.9 Å². The van der Waals surface area contributed by atoms with Crippen LogP contribution in [0, 0.1) is 12.8 Å². The molecule has 3 nitrogen and oxygen atoms in total. The van der Waals surface area contributed by atoms with Crippen LogP contribution in [0.5, 0.6) is 0 Å². The Balaban J connectivity index is 2.58. The zero-order valence-corrected chi connectivity index (χ0v) is 11.2. The smallest absolute Gasteiger partial charge is 0.0596 e. The van der Waals surface area contributed by atoms with E-state index in [0.717, 1.165) is 18.7 Å². The summed E-state index contributed by atoms with van der Waals surface area (Å²) in [6.45, 7) is 9.74. The summed E-state index contributed by atoms with van der Waals surface area (Å²) in [5.41, 5.74) is 2.50. The molecule has 0 bridgehead atoms. The molecule has 92 valence electrons. The largest absolute Gasteiger partial charge is 0.317 e. The molecule has 0 spiro atoms. The molecule has 0 fully saturated rings. The second-order valence-corrected chi connectivity index (χ2v) is 4.83. The maximum Gasteiger partial charge on any atom is 0.0596 e. The number of aromatic nitrogens is 2. The van der Waals surface area contributed by atoms with Gasteiger partial charge in [-0.3, -0.25) is 4.68 Å². The molecule has 0 aliphatic heterocycles. The summed E-state index contributed by atoms with van der Waals surface area (Å²) in [4.78, 5) is 0. The summed E-state index contributed by atoms with van der Waals surface area (Å²) in [5, 5.41) is 7.78. The van der Waals surface area contributed by atoms with Crippen LogP contribution in [0.25, 0.3) is 0 Å². The van der Waals surface area contributed by atoms with E-state index < -0.39 is 0 Å². The zero-order valence-electron chi connectivity index (χ0n) is 11.2. The molecular formula is C13H25N3. The van der Waals surface area contributed by atoms with E-state index >= 15 is 0 Å². The highest BCUT2D eigenvalue weighted by Crippen LogP contribution is 2.14. The van der Waals surface area contributed by atoms with Gasteiger partial charge in [-0.15, -0.1) is 0 Å². The van der Waals surface area contributed by atoms with E-state index in [1.807, 2.05) is 7.05 Å². The molecule has 0 amide bonds. The molecule has 3 heteroatoms. The van der Waals surface area contributed by atoms with E-state index in [1.165, 1.54) is 12.1 Å². The van der Waals surface area contributed by atoms with Gasteiger partial charge < -0.3 is 5.32 Å². The van der Waals surface area contributed by atoms with Crippen LogP contribution in [0.15, 0.2) is 6.07 Å². The Hall–Kier alpha value is -0.830. The van der Waals surface area contributed by atoms with E-state index in [9.17, 15) is 0 Å². The lowest BCUT2D eigenvalue weighted by molar-refractivity contribution is 0.428. The van der Waals surface area contributed by atoms with Gasteiger partial charge in [-0.05, 0) is 52.6 Å². The monoisotopic (exact) mass is 223 g/mol. The van der Waals surface area contributed by atoms with Crippen molar-refractivity contribution in [2.45, 2.75) is 53.1 Å². The van der Waals surface area contributed by atoms with Gasteiger partial charge in [0.1, 0.15) is 0 Å². The van der Waals surface area contributed by atoms with Crippen molar-refractivity contribution < 1.29 is 0 Å². The summed E-state index contributed by atoms with van der Waals surface area (Å²) in [5.74, 6) is 0.698. The highest BCUT2D eigenvalue weighted by Gasteiger charge is 2.11. The third-order valence-corrected chi connectivity index (χ3v) is 3.09. The zero-order chi connectivity index (χ0) is 12.1. The minimum atomic E-state index is 0.592. The first-order chi connectivity index (χ1) is 7.56. The molecule has 0 aromatic carbocycles. The SMILES string of the molecule is CCn1nc(C)cc1CC(C)CC(C)NC. The lowest BCUT2D eigenvalue weighted by Gasteiger charge is -2.16. The fourth-order valence-electron chi connectivity index (χ4n) is 2.20. The lowest BCUT2D eigenvalue weighted by Crippen LogP contribution is -2.24. The lowest BCUT2D eigenvalue weighted by atomic mass is 9.97. The Morgan fingerprint density at radius 3 is 2.69 bits per heavy atom. The van der Waals surface area contributed by atoms with Gasteiger partial charge in [0.15, 0.2) is 0 Å². The Morgan fingerprint density at radius 1 is 1.44 bits per heavy atom. The van der Waals surface area contributed by atoms with Crippen LogP contribution in [-0.4, -0.2) is 22.9 Å². The van der Waals surface area contributed by atoms with Crippen molar-refractivity contribution in [3.63, 3.8) is 0 Å². The third-order valence-electron chi connectivity index (χ3n) is 3.09. The van der Waals surface area contributed by atoms with Crippen molar-refractivity contribution in [1.82, 2.24) is 15.1 Å². The van der Waals surface area contributed by atoms with Gasteiger partial charge in [0, 0.05) is 18.3 Å². The van der Waals surface area contributed by atoms with Crippen LogP contribution in [-0.2, 0) is 13.0 Å². The van der Waals surface area contributed by atoms with Gasteiger partial charge in [-0.1, -0.05) is 6.92 Å². The van der Waals surface area contributed by atoms with Crippen molar-refractivity contribution in [3.05, 3.63) is 17.5 Å². The minimum absolute atomic E-state index is 0.592. The molecule has 0 radical (unpaired) electrons. The average Bonchev–Trinajstić information content (AvgIpc) is 2.58. The molecular weight excluding hydrogens is 198 g/mol. The molecule has 2 atom stereocenters. The second-order valence-electron chi connectivity index (χ2n) is 4.83. The molecule has 0 aliphatic rings. The van der Waals surface area contributed by atoms with Crippen LogP contribution < -0.4 is 5.32 Å². The van der Waals surface area contributed by atoms with Gasteiger partial charge in [0.25, 0.3) is 0 Å². The van der Waals surface area contributed by atoms with Crippen LogP contribution in [0.2, 0.25) is 0 Å². The van der Waals surface area contributed by atoms with Crippen molar-refractivity contribution in [2.24, 2.45) is 5.92 Å². The third kappa shape index (κ3) is 3.63. The Labute approximate surface area is 99.2 Å². The predicted octanol–water partition coefficient (Wildman–Crippen LogP) is 2.39. The Kier molecular flexibility index (Phi) is 5.00. The summed E-state index contributed by atoms with van der Waals surface area (Å²) >= 11 is 0. The molecule has 1 N–H and O–H groups in total. The quantitative estimate of drug-likeness (QED) is 0.802. The van der Waals surface area contributed by atoms with Crippen LogP contribution in [0.4, 0.5) is 0 Å². The van der Waals surface area contributed by atoms with Gasteiger partial charge in [0.05, 0.1) is 5.69 Å². The number of rotatable bonds is 6. The molecule has 1 heterocycles. The maximum atomic E-state index is 4.48. The number of nitrogens with one attached hydrogen (secondary N) is 1. The van der Waals surface area contributed by atoms with E-state index in [0.29, 0.717) is 12.0 Å². The predicted molar refractivity (Wildman–Crippen MR) is 68.6 cm³/mol. The van der Waals surface area contributed by atoms with Crippen molar-refractivity contribution >= 4 is 0 Å². The van der Waals surface area contributed by atoms with Gasteiger partial charge in [-0.25, -0.2) is 0 Å². The number of hydrogen-bond acceptors (Lipinski definition) is 2. The van der Waals surface area contributed by atoms with E-state index in [4.69, 9.17) is 0 Å². The first kappa shape index (κ1) is 13.2. The van der Waals surface area contributed by atoms with Crippen molar-refractivity contribution in [2.75, 3.05) is 7.05 Å². The Bertz CT molecular complexity index is 317. The fourth-order valence-corrected chi connectivity index (χ4v) is 2.20. The molecule has 1 aromatic rings. The highest BCUT2D eigenvalue weighted by molar-refractivity contribution is 5.09. The number of aryl methyl sites for hydroxylation is 2. The van der Waals surface area contributed by atoms with Crippen LogP contribution in [0.1, 0.15) is 38.6 Å². The van der Waals surface area contributed by atoms with E-state index in [2.05, 4.69) is 48.9 Å². The summed E-state index contributed by atoms with van der Waals surface area (Å²) in [6.07, 6.45) is 2.34. The number of nitrogens with zero attached hydrogens (tertiary/aromatic N) is 2. The highest BCUT2D eigenvalue weighted by atomic mass is 15.3. The van der Waals surface area contributed by atoms with Crippen LogP contribution in [0.3, 0.4) is 0 Å². The maximum absolute atomic E-state index is 4.48. The molecule has 1 aromatic heterocycles. The average molecular weight is 223 g/mol. The summed E-state index contributed by atoms with van der Waals surface area (Å²) in [6, 6.07) is 2.80. The van der Waals surface area contributed by atoms with E-state index in [-0.39, 0.29) is 0 Å². The van der Waals surface area contributed by atoms with Crippen LogP contribution >= 0.6 is 0 Å². The molecule has 16 heavy (non-hydrogen) atoms. The van der Waals surface area contributed by atoms with Gasteiger partial charge >= 0.3 is 0 Å². The first-order valence-electron chi connectivity index (χ1n) is 6.27. The first-order valence-corrected chi connectivity index (χ1v) is 6.27. The second kappa shape index (κ2) is 6.04. The van der Waals surface area contributed by atoms with E-state index in [1.54, 1.807) is 0 Å². The minimum Gasteiger partial charge on any atom is -0.317 e. The Morgan fingerprint density at radius 2 is 2.12 bits per heavy atom. The van der Waals surface area contributed by atoms with Crippen molar-refractivity contribution in [3.8, 4) is 0 Å². The standard InChI is InChI=1S/C13H25N3/c1-6-16-13(9-12(4)15-16)8-10(2)7-11(3)14-5/h9-11,14H,6-8H2,1-5H3. The summed E-state index contributed by atoms with van der Waals surface area (Å²) in [7, 11) is 2.03. The fraction of sp³-hybridized carbons (Fsp3) is 0.769. The molecule has 0 saturated heterocycles. The normalized spacial score (nSPS) is 15.1. The molecule has 1 rings (SSSR count). The molecule has 0 saturated carbocycles. The van der Waals surface area contributed by atoms with Gasteiger partial charge in [0.2, 0.25) is 0 Å². The van der Waals surface area contributed by atoms with Gasteiger partial charge in [-0.2, -0.15) is 5.10 Å². The summed E-state index contributed by atoms with van der Waals surface area (Å²) < 4.78 is 2.12. The van der Waals surface area contributed by atoms with Crippen molar-refractivity contribution in [1.29, 1.82) is 0 Å². The molecule has 0 aliphatic carbocycles. The molecule has 2 unspecified atom stereocenters.